The van der Waals surface area contributed by atoms with E-state index in [4.69, 9.17) is 28.4 Å². The number of fused-ring (bicyclic) bond motifs is 1. The topological polar surface area (TPSA) is 75.7 Å². The molecule has 0 N–H and O–H groups in total. The standard InChI is InChI=1S/C27H41NO7/c1-7-28-12-24(3)9-8-18(31-5)26-16-10-15-17(30-4)11-25(19(16)20(15)32-6)27(23(26)28,34-13-33-25)22(21(24)26)35-14(2)29/h15-23H,7-13H2,1-6H3/t15-,16+,17-,18?,19+,20?,21+,22-,23+,24-,25+,26?,27-/m0/s1. The molecule has 0 radical (unpaired) electrons. The maximum absolute atomic E-state index is 12.8. The fourth-order valence-corrected chi connectivity index (χ4v) is 11.7. The lowest BCUT2D eigenvalue weighted by Gasteiger charge is -2.69. The van der Waals surface area contributed by atoms with Gasteiger partial charge >= 0.3 is 5.97 Å². The fourth-order valence-electron chi connectivity index (χ4n) is 11.7. The van der Waals surface area contributed by atoms with E-state index in [2.05, 4.69) is 18.7 Å². The number of rotatable bonds is 5. The molecule has 5 saturated carbocycles. The largest absolute Gasteiger partial charge is 0.459 e. The zero-order chi connectivity index (χ0) is 24.5. The maximum Gasteiger partial charge on any atom is 0.303 e. The van der Waals surface area contributed by atoms with Crippen LogP contribution < -0.4 is 0 Å². The number of methoxy groups -OCH3 is 3. The van der Waals surface area contributed by atoms with Crippen molar-refractivity contribution in [2.75, 3.05) is 41.2 Å². The number of esters is 1. The van der Waals surface area contributed by atoms with E-state index in [1.165, 1.54) is 0 Å². The summed E-state index contributed by atoms with van der Waals surface area (Å²) in [6.07, 6.45) is 3.57. The molecule has 7 rings (SSSR count). The predicted molar refractivity (Wildman–Crippen MR) is 124 cm³/mol. The highest BCUT2D eigenvalue weighted by molar-refractivity contribution is 5.67. The van der Waals surface area contributed by atoms with Gasteiger partial charge in [-0.3, -0.25) is 9.69 Å². The van der Waals surface area contributed by atoms with Gasteiger partial charge in [0, 0.05) is 64.4 Å². The van der Waals surface area contributed by atoms with Crippen molar-refractivity contribution in [2.24, 2.45) is 34.5 Å². The molecule has 8 heteroatoms. The summed E-state index contributed by atoms with van der Waals surface area (Å²) < 4.78 is 39.2. The lowest BCUT2D eigenvalue weighted by molar-refractivity contribution is -0.282. The van der Waals surface area contributed by atoms with Crippen molar-refractivity contribution in [3.05, 3.63) is 0 Å². The van der Waals surface area contributed by atoms with Gasteiger partial charge in [-0.05, 0) is 37.1 Å². The molecular weight excluding hydrogens is 450 g/mol. The Morgan fingerprint density at radius 3 is 2.60 bits per heavy atom. The number of hydrogen-bond acceptors (Lipinski definition) is 8. The molecule has 8 nitrogen and oxygen atoms in total. The van der Waals surface area contributed by atoms with E-state index in [0.29, 0.717) is 11.8 Å². The lowest BCUT2D eigenvalue weighted by atomic mass is 9.43. The molecule has 0 aromatic carbocycles. The SMILES string of the molecule is CCN1C[C@]2(C)CCC(OC)C34[C@@H]5C[C@@H]6C(OC)[C@@H]5[C@@]5(C[C@@H]6OC)OCO[C@]5([C@H]13)[C@@H](OC(C)=O)[C@@H]42. The van der Waals surface area contributed by atoms with Crippen LogP contribution in [0.3, 0.4) is 0 Å². The molecule has 7 fully saturated rings. The molecule has 7 bridgehead atoms. The van der Waals surface area contributed by atoms with E-state index >= 15 is 0 Å². The molecule has 0 aromatic heterocycles. The molecule has 196 valence electrons. The Hall–Kier alpha value is -0.770. The Labute approximate surface area is 208 Å². The van der Waals surface area contributed by atoms with Crippen LogP contribution >= 0.6 is 0 Å². The first kappa shape index (κ1) is 23.4. The highest BCUT2D eigenvalue weighted by atomic mass is 16.7. The van der Waals surface area contributed by atoms with E-state index in [0.717, 1.165) is 38.8 Å². The Bertz CT molecular complexity index is 931. The second-order valence-corrected chi connectivity index (χ2v) is 12.7. The smallest absolute Gasteiger partial charge is 0.303 e. The van der Waals surface area contributed by atoms with Crippen LogP contribution in [0.5, 0.6) is 0 Å². The summed E-state index contributed by atoms with van der Waals surface area (Å²) >= 11 is 0. The molecule has 2 saturated heterocycles. The summed E-state index contributed by atoms with van der Waals surface area (Å²) in [7, 11) is 5.52. The number of piperidine rings is 1. The van der Waals surface area contributed by atoms with Crippen molar-refractivity contribution in [2.45, 2.75) is 88.1 Å². The molecule has 3 unspecified atom stereocenters. The summed E-state index contributed by atoms with van der Waals surface area (Å²) in [5.41, 5.74) is -1.61. The molecule has 2 heterocycles. The quantitative estimate of drug-likeness (QED) is 0.542. The monoisotopic (exact) mass is 491 g/mol. The lowest BCUT2D eigenvalue weighted by Crippen LogP contribution is -2.81. The van der Waals surface area contributed by atoms with E-state index in [-0.39, 0.29) is 65.9 Å². The number of nitrogens with zero attached hydrogens (tertiary/aromatic N) is 1. The van der Waals surface area contributed by atoms with Gasteiger partial charge in [0.2, 0.25) is 0 Å². The second kappa shape index (κ2) is 7.20. The molecule has 13 atom stereocenters. The Morgan fingerprint density at radius 2 is 1.94 bits per heavy atom. The number of hydrogen-bond donors (Lipinski definition) is 0. The summed E-state index contributed by atoms with van der Waals surface area (Å²) in [4.78, 5) is 15.4. The van der Waals surface area contributed by atoms with E-state index in [1.807, 2.05) is 21.3 Å². The average Bonchev–Trinajstić information content (AvgIpc) is 3.41. The molecule has 3 spiro atoms. The summed E-state index contributed by atoms with van der Waals surface area (Å²) in [6, 6.07) is 0.0586. The van der Waals surface area contributed by atoms with Crippen LogP contribution in [0, 0.1) is 34.5 Å². The van der Waals surface area contributed by atoms with Crippen molar-refractivity contribution in [1.29, 1.82) is 0 Å². The highest BCUT2D eigenvalue weighted by Crippen LogP contribution is 2.82. The van der Waals surface area contributed by atoms with Crippen LogP contribution in [-0.2, 0) is 33.2 Å². The predicted octanol–water partition coefficient (Wildman–Crippen LogP) is 2.24. The van der Waals surface area contributed by atoms with Crippen molar-refractivity contribution in [1.82, 2.24) is 4.90 Å². The van der Waals surface area contributed by atoms with Crippen molar-refractivity contribution < 1.29 is 33.2 Å². The van der Waals surface area contributed by atoms with Crippen molar-refractivity contribution in [3.63, 3.8) is 0 Å². The first-order chi connectivity index (χ1) is 16.8. The maximum atomic E-state index is 12.8. The van der Waals surface area contributed by atoms with Gasteiger partial charge in [-0.15, -0.1) is 0 Å². The van der Waals surface area contributed by atoms with Crippen LogP contribution in [-0.4, -0.2) is 93.7 Å². The Morgan fingerprint density at radius 1 is 1.14 bits per heavy atom. The normalized spacial score (nSPS) is 59.4. The van der Waals surface area contributed by atoms with Gasteiger partial charge in [-0.2, -0.15) is 0 Å². The van der Waals surface area contributed by atoms with Gasteiger partial charge in [0.15, 0.2) is 5.60 Å². The molecule has 2 aliphatic heterocycles. The Balaban J connectivity index is 1.57. The van der Waals surface area contributed by atoms with Gasteiger partial charge in [0.1, 0.15) is 18.5 Å². The first-order valence-electron chi connectivity index (χ1n) is 13.6. The van der Waals surface area contributed by atoms with Crippen LogP contribution in [0.1, 0.15) is 46.5 Å². The number of carbonyl (C=O) groups is 1. The number of likely N-dealkylation sites (N-methyl/N-ethyl adjacent to an activating group) is 1. The third kappa shape index (κ3) is 2.24. The fraction of sp³-hybridized carbons (Fsp3) is 0.963. The van der Waals surface area contributed by atoms with E-state index in [1.54, 1.807) is 6.92 Å². The van der Waals surface area contributed by atoms with Crippen LogP contribution in [0.15, 0.2) is 0 Å². The minimum absolute atomic E-state index is 0.00174. The molecular formula is C27H41NO7. The molecule has 5 aliphatic carbocycles. The average molecular weight is 492 g/mol. The number of likely N-dealkylation sites (tertiary alicyclic amines) is 1. The van der Waals surface area contributed by atoms with E-state index in [9.17, 15) is 4.79 Å². The summed E-state index contributed by atoms with van der Waals surface area (Å²) in [6.45, 7) is 8.34. The molecule has 35 heavy (non-hydrogen) atoms. The van der Waals surface area contributed by atoms with Gasteiger partial charge < -0.3 is 28.4 Å². The summed E-state index contributed by atoms with van der Waals surface area (Å²) in [5.74, 6) is 0.698. The van der Waals surface area contributed by atoms with E-state index < -0.39 is 11.2 Å². The van der Waals surface area contributed by atoms with Crippen molar-refractivity contribution >= 4 is 5.97 Å². The highest BCUT2D eigenvalue weighted by Gasteiger charge is 2.94. The molecule has 0 aromatic rings. The third-order valence-corrected chi connectivity index (χ3v) is 12.1. The van der Waals surface area contributed by atoms with Gasteiger partial charge in [0.25, 0.3) is 0 Å². The molecule has 0 amide bonds. The Kier molecular flexibility index (Phi) is 4.81. The van der Waals surface area contributed by atoms with Crippen LogP contribution in [0.25, 0.3) is 0 Å². The minimum Gasteiger partial charge on any atom is -0.459 e. The number of carbonyl (C=O) groups excluding carboxylic acids is 1. The van der Waals surface area contributed by atoms with Crippen molar-refractivity contribution in [3.8, 4) is 0 Å². The van der Waals surface area contributed by atoms with Gasteiger partial charge in [-0.1, -0.05) is 13.8 Å². The zero-order valence-corrected chi connectivity index (χ0v) is 22.0. The molecule has 7 aliphatic rings. The van der Waals surface area contributed by atoms with Crippen LogP contribution in [0.4, 0.5) is 0 Å². The minimum atomic E-state index is -0.776. The van der Waals surface area contributed by atoms with Crippen LogP contribution in [0.2, 0.25) is 0 Å². The second-order valence-electron chi connectivity index (χ2n) is 12.7. The number of ether oxygens (including phenoxy) is 6. The summed E-state index contributed by atoms with van der Waals surface area (Å²) in [5, 5.41) is 0. The zero-order valence-electron chi connectivity index (χ0n) is 22.0. The van der Waals surface area contributed by atoms with Gasteiger partial charge in [-0.25, -0.2) is 0 Å². The third-order valence-electron chi connectivity index (χ3n) is 12.1. The first-order valence-corrected chi connectivity index (χ1v) is 13.6. The van der Waals surface area contributed by atoms with Gasteiger partial charge in [0.05, 0.1) is 24.4 Å².